The van der Waals surface area contributed by atoms with Gasteiger partial charge in [-0.2, -0.15) is 0 Å². The highest BCUT2D eigenvalue weighted by molar-refractivity contribution is 8.13. The molecule has 0 radical (unpaired) electrons. The Hall–Kier alpha value is -1.78. The molecular formula is C19H19ClN2OS. The molecule has 2 aromatic carbocycles. The minimum absolute atomic E-state index is 0.0937. The lowest BCUT2D eigenvalue weighted by Crippen LogP contribution is -2.28. The molecule has 0 aliphatic carbocycles. The molecule has 0 saturated heterocycles. The van der Waals surface area contributed by atoms with Crippen molar-refractivity contribution in [2.45, 2.75) is 25.3 Å². The average molecular weight is 359 g/mol. The molecule has 2 N–H and O–H groups in total. The molecular weight excluding hydrogens is 340 g/mol. The first-order chi connectivity index (χ1) is 11.5. The number of hydrogen-bond acceptors (Lipinski definition) is 4. The number of thioether (sulfide) groups is 1. The van der Waals surface area contributed by atoms with E-state index >= 15 is 0 Å². The molecule has 3 rings (SSSR count). The summed E-state index contributed by atoms with van der Waals surface area (Å²) in [5, 5.41) is 1.31. The monoisotopic (exact) mass is 358 g/mol. The van der Waals surface area contributed by atoms with Gasteiger partial charge in [0, 0.05) is 22.8 Å². The van der Waals surface area contributed by atoms with Crippen LogP contribution in [0.15, 0.2) is 53.5 Å². The highest BCUT2D eigenvalue weighted by Crippen LogP contribution is 2.35. The van der Waals surface area contributed by atoms with E-state index in [1.807, 2.05) is 36.4 Å². The number of nitrogens with zero attached hydrogens (tertiary/aromatic N) is 1. The Kier molecular flexibility index (Phi) is 4.97. The Balaban J connectivity index is 1.75. The molecule has 1 atom stereocenters. The third-order valence-electron chi connectivity index (χ3n) is 4.30. The molecule has 0 saturated carbocycles. The van der Waals surface area contributed by atoms with Crippen LogP contribution in [0.4, 0.5) is 0 Å². The molecule has 5 heteroatoms. The number of benzene rings is 2. The molecule has 3 nitrogen and oxygen atoms in total. The summed E-state index contributed by atoms with van der Waals surface area (Å²) < 4.78 is 0. The molecule has 1 heterocycles. The average Bonchev–Trinajstić information content (AvgIpc) is 2.57. The van der Waals surface area contributed by atoms with E-state index in [-0.39, 0.29) is 11.3 Å². The summed E-state index contributed by atoms with van der Waals surface area (Å²) in [5.74, 6) is 1.06. The molecule has 1 aliphatic rings. The molecule has 0 fully saturated rings. The Morgan fingerprint density at radius 2 is 1.88 bits per heavy atom. The van der Waals surface area contributed by atoms with Crippen LogP contribution in [0, 0.1) is 0 Å². The lowest BCUT2D eigenvalue weighted by molar-refractivity contribution is 0.0993. The molecule has 1 aliphatic heterocycles. The second-order valence-corrected chi connectivity index (χ2v) is 7.68. The van der Waals surface area contributed by atoms with Crippen LogP contribution in [-0.4, -0.2) is 16.7 Å². The number of Topliss-reactive ketones (excluding diaryl/α,β-unsaturated/α-hetero) is 1. The first-order valence-corrected chi connectivity index (χ1v) is 9.19. The predicted molar refractivity (Wildman–Crippen MR) is 102 cm³/mol. The van der Waals surface area contributed by atoms with Gasteiger partial charge in [-0.15, -0.1) is 0 Å². The minimum Gasteiger partial charge on any atom is -0.379 e. The van der Waals surface area contributed by atoms with Gasteiger partial charge in [0.15, 0.2) is 11.0 Å². The molecule has 0 spiro atoms. The van der Waals surface area contributed by atoms with Crippen molar-refractivity contribution in [1.29, 1.82) is 0 Å². The molecule has 0 aromatic heterocycles. The van der Waals surface area contributed by atoms with Crippen LogP contribution in [-0.2, 0) is 12.0 Å². The van der Waals surface area contributed by atoms with Crippen LogP contribution in [0.25, 0.3) is 0 Å². The van der Waals surface area contributed by atoms with Gasteiger partial charge in [-0.1, -0.05) is 59.8 Å². The summed E-state index contributed by atoms with van der Waals surface area (Å²) in [7, 11) is 0. The summed E-state index contributed by atoms with van der Waals surface area (Å²) in [6.45, 7) is 2.09. The highest BCUT2D eigenvalue weighted by atomic mass is 35.5. The summed E-state index contributed by atoms with van der Waals surface area (Å²) in [6, 6.07) is 15.1. The molecule has 124 valence electrons. The van der Waals surface area contributed by atoms with E-state index in [1.165, 1.54) is 0 Å². The lowest BCUT2D eigenvalue weighted by atomic mass is 9.88. The highest BCUT2D eigenvalue weighted by Gasteiger charge is 2.29. The molecule has 0 bridgehead atoms. The Morgan fingerprint density at radius 1 is 1.21 bits per heavy atom. The summed E-state index contributed by atoms with van der Waals surface area (Å²) in [5.41, 5.74) is 8.33. The van der Waals surface area contributed by atoms with E-state index in [0.29, 0.717) is 22.2 Å². The standard InChI is InChI=1S/C19H19ClN2OS/c1-19(10-11-24-18(21)22-19)15-6-4-14(5-7-15)17(23)12-13-2-8-16(20)9-3-13/h2-9H,10-12H2,1H3,(H2,21,22). The summed E-state index contributed by atoms with van der Waals surface area (Å²) >= 11 is 7.46. The van der Waals surface area contributed by atoms with Crippen LogP contribution in [0.5, 0.6) is 0 Å². The fourth-order valence-electron chi connectivity index (χ4n) is 2.80. The van der Waals surface area contributed by atoms with Gasteiger partial charge in [0.05, 0.1) is 5.54 Å². The summed E-state index contributed by atoms with van der Waals surface area (Å²) in [4.78, 5) is 17.0. The van der Waals surface area contributed by atoms with E-state index in [0.717, 1.165) is 23.3 Å². The van der Waals surface area contributed by atoms with Crippen LogP contribution in [0.2, 0.25) is 5.02 Å². The molecule has 0 amide bonds. The van der Waals surface area contributed by atoms with Crippen molar-refractivity contribution in [1.82, 2.24) is 0 Å². The van der Waals surface area contributed by atoms with Gasteiger partial charge >= 0.3 is 0 Å². The van der Waals surface area contributed by atoms with Crippen molar-refractivity contribution < 1.29 is 4.79 Å². The van der Waals surface area contributed by atoms with E-state index in [2.05, 4.69) is 11.9 Å². The number of nitrogens with two attached hydrogens (primary N) is 1. The zero-order valence-electron chi connectivity index (χ0n) is 13.5. The maximum Gasteiger partial charge on any atom is 0.167 e. The number of hydrogen-bond donors (Lipinski definition) is 1. The van der Waals surface area contributed by atoms with Crippen molar-refractivity contribution in [3.8, 4) is 0 Å². The number of carbonyl (C=O) groups excluding carboxylic acids is 1. The molecule has 24 heavy (non-hydrogen) atoms. The predicted octanol–water partition coefficient (Wildman–Crippen LogP) is 4.43. The van der Waals surface area contributed by atoms with E-state index < -0.39 is 0 Å². The van der Waals surface area contributed by atoms with Gasteiger partial charge in [-0.3, -0.25) is 9.79 Å². The second kappa shape index (κ2) is 6.99. The normalized spacial score (nSPS) is 20.5. The third kappa shape index (κ3) is 3.82. The maximum absolute atomic E-state index is 12.4. The van der Waals surface area contributed by atoms with E-state index in [1.54, 1.807) is 23.9 Å². The van der Waals surface area contributed by atoms with Gasteiger partial charge in [0.2, 0.25) is 0 Å². The number of amidine groups is 1. The number of ketones is 1. The van der Waals surface area contributed by atoms with Gasteiger partial charge in [0.25, 0.3) is 0 Å². The fraction of sp³-hybridized carbons (Fsp3) is 0.263. The van der Waals surface area contributed by atoms with Crippen LogP contribution in [0.3, 0.4) is 0 Å². The third-order valence-corrected chi connectivity index (χ3v) is 5.35. The Morgan fingerprint density at radius 3 is 2.50 bits per heavy atom. The number of halogens is 1. The number of carbonyl (C=O) groups is 1. The number of aliphatic imine (C=N–C) groups is 1. The Bertz CT molecular complexity index is 771. The van der Waals surface area contributed by atoms with Crippen molar-refractivity contribution >= 4 is 34.3 Å². The van der Waals surface area contributed by atoms with Crippen molar-refractivity contribution in [2.75, 3.05) is 5.75 Å². The number of rotatable bonds is 4. The van der Waals surface area contributed by atoms with Gasteiger partial charge in [0.1, 0.15) is 0 Å². The van der Waals surface area contributed by atoms with Gasteiger partial charge < -0.3 is 5.73 Å². The van der Waals surface area contributed by atoms with Crippen LogP contribution in [0.1, 0.15) is 34.8 Å². The quantitative estimate of drug-likeness (QED) is 0.822. The summed E-state index contributed by atoms with van der Waals surface area (Å²) in [6.07, 6.45) is 1.31. The first-order valence-electron chi connectivity index (χ1n) is 7.83. The van der Waals surface area contributed by atoms with E-state index in [9.17, 15) is 4.79 Å². The Labute approximate surface area is 151 Å². The molecule has 1 unspecified atom stereocenters. The largest absolute Gasteiger partial charge is 0.379 e. The van der Waals surface area contributed by atoms with Crippen molar-refractivity contribution in [3.05, 3.63) is 70.2 Å². The smallest absolute Gasteiger partial charge is 0.167 e. The molecule has 2 aromatic rings. The second-order valence-electron chi connectivity index (χ2n) is 6.13. The zero-order valence-corrected chi connectivity index (χ0v) is 15.0. The SMILES string of the molecule is CC1(c2ccc(C(=O)Cc3ccc(Cl)cc3)cc2)CCSC(N)=N1. The minimum atomic E-state index is -0.299. The van der Waals surface area contributed by atoms with Crippen LogP contribution < -0.4 is 5.73 Å². The lowest BCUT2D eigenvalue weighted by Gasteiger charge is -2.29. The van der Waals surface area contributed by atoms with Crippen LogP contribution >= 0.6 is 23.4 Å². The maximum atomic E-state index is 12.4. The van der Waals surface area contributed by atoms with Crippen molar-refractivity contribution in [3.63, 3.8) is 0 Å². The van der Waals surface area contributed by atoms with Crippen molar-refractivity contribution in [2.24, 2.45) is 10.7 Å². The van der Waals surface area contributed by atoms with E-state index in [4.69, 9.17) is 17.3 Å². The fourth-order valence-corrected chi connectivity index (χ4v) is 3.90. The van der Waals surface area contributed by atoms with Gasteiger partial charge in [-0.25, -0.2) is 0 Å². The topological polar surface area (TPSA) is 55.5 Å². The zero-order chi connectivity index (χ0) is 17.2. The first kappa shape index (κ1) is 17.1. The van der Waals surface area contributed by atoms with Gasteiger partial charge in [-0.05, 0) is 36.6 Å².